The molecule has 0 unspecified atom stereocenters. The van der Waals surface area contributed by atoms with Crippen molar-refractivity contribution in [3.63, 3.8) is 0 Å². The molecule has 0 spiro atoms. The Morgan fingerprint density at radius 3 is 2.90 bits per heavy atom. The molecule has 0 amide bonds. The second-order valence-electron chi connectivity index (χ2n) is 5.23. The lowest BCUT2D eigenvalue weighted by molar-refractivity contribution is 0.721. The number of aromatic nitrogens is 3. The van der Waals surface area contributed by atoms with Crippen LogP contribution in [0.3, 0.4) is 0 Å². The highest BCUT2D eigenvalue weighted by molar-refractivity contribution is 5.79. The van der Waals surface area contributed by atoms with Crippen LogP contribution < -0.4 is 10.5 Å². The summed E-state index contributed by atoms with van der Waals surface area (Å²) < 4.78 is 0. The van der Waals surface area contributed by atoms with Crippen molar-refractivity contribution in [2.45, 2.75) is 13.0 Å². The van der Waals surface area contributed by atoms with Crippen LogP contribution in [0, 0.1) is 0 Å². The zero-order chi connectivity index (χ0) is 14.2. The van der Waals surface area contributed by atoms with Crippen LogP contribution in [0.4, 0.5) is 5.82 Å². The number of pyridine rings is 1. The van der Waals surface area contributed by atoms with Crippen molar-refractivity contribution < 1.29 is 0 Å². The fourth-order valence-corrected chi connectivity index (χ4v) is 2.82. The molecule has 0 radical (unpaired) electrons. The zero-order valence-electron chi connectivity index (χ0n) is 11.4. The second kappa shape index (κ2) is 4.70. The van der Waals surface area contributed by atoms with Crippen molar-refractivity contribution in [2.24, 2.45) is 0 Å². The molecule has 0 saturated carbocycles. The van der Waals surface area contributed by atoms with E-state index in [9.17, 15) is 4.79 Å². The molecule has 21 heavy (non-hydrogen) atoms. The van der Waals surface area contributed by atoms with E-state index < -0.39 is 0 Å². The number of H-pyrrole nitrogens is 1. The van der Waals surface area contributed by atoms with Crippen LogP contribution in [0.5, 0.6) is 0 Å². The van der Waals surface area contributed by atoms with Gasteiger partial charge in [0.2, 0.25) is 0 Å². The summed E-state index contributed by atoms with van der Waals surface area (Å²) in [6.45, 7) is 1.77. The third-order valence-corrected chi connectivity index (χ3v) is 3.97. The Morgan fingerprint density at radius 2 is 2.00 bits per heavy atom. The predicted molar refractivity (Wildman–Crippen MR) is 81.4 cm³/mol. The van der Waals surface area contributed by atoms with E-state index >= 15 is 0 Å². The maximum Gasteiger partial charge on any atom is 0.260 e. The summed E-state index contributed by atoms with van der Waals surface area (Å²) in [5.74, 6) is 0.870. The lowest BCUT2D eigenvalue weighted by Crippen LogP contribution is -2.31. The minimum atomic E-state index is -0.150. The summed E-state index contributed by atoms with van der Waals surface area (Å²) in [4.78, 5) is 25.1. The fourth-order valence-electron chi connectivity index (χ4n) is 2.82. The lowest BCUT2D eigenvalue weighted by atomic mass is 10.00. The normalized spacial score (nSPS) is 14.2. The molecule has 1 N–H and O–H groups in total. The van der Waals surface area contributed by atoms with Crippen molar-refractivity contribution in [1.29, 1.82) is 0 Å². The van der Waals surface area contributed by atoms with Gasteiger partial charge in [-0.15, -0.1) is 0 Å². The first-order valence-electron chi connectivity index (χ1n) is 6.96. The summed E-state index contributed by atoms with van der Waals surface area (Å²) >= 11 is 0. The van der Waals surface area contributed by atoms with E-state index in [2.05, 4.69) is 44.1 Å². The molecule has 3 aromatic rings. The first kappa shape index (κ1) is 12.1. The summed E-state index contributed by atoms with van der Waals surface area (Å²) in [5, 5.41) is 0.527. The Kier molecular flexibility index (Phi) is 2.70. The molecule has 104 valence electrons. The van der Waals surface area contributed by atoms with Gasteiger partial charge in [-0.2, -0.15) is 0 Å². The second-order valence-corrected chi connectivity index (χ2v) is 5.23. The van der Waals surface area contributed by atoms with Crippen LogP contribution in [-0.2, 0) is 13.0 Å². The third-order valence-electron chi connectivity index (χ3n) is 3.97. The monoisotopic (exact) mass is 278 g/mol. The van der Waals surface area contributed by atoms with Gasteiger partial charge in [-0.25, -0.2) is 9.97 Å². The van der Waals surface area contributed by atoms with Crippen molar-refractivity contribution in [1.82, 2.24) is 15.0 Å². The van der Waals surface area contributed by atoms with Crippen LogP contribution in [0.15, 0.2) is 47.7 Å². The molecule has 0 atom stereocenters. The van der Waals surface area contributed by atoms with E-state index in [1.807, 2.05) is 6.07 Å². The molecule has 5 nitrogen and oxygen atoms in total. The van der Waals surface area contributed by atoms with Crippen LogP contribution in [-0.4, -0.2) is 21.5 Å². The highest BCUT2D eigenvalue weighted by Crippen LogP contribution is 2.23. The number of nitrogens with one attached hydrogen (secondary N) is 1. The van der Waals surface area contributed by atoms with E-state index in [4.69, 9.17) is 0 Å². The minimum Gasteiger partial charge on any atom is -0.352 e. The van der Waals surface area contributed by atoms with Gasteiger partial charge >= 0.3 is 0 Å². The number of anilines is 1. The topological polar surface area (TPSA) is 61.9 Å². The average molecular weight is 278 g/mol. The summed E-state index contributed by atoms with van der Waals surface area (Å²) in [6, 6.07) is 10.4. The van der Waals surface area contributed by atoms with Gasteiger partial charge < -0.3 is 9.88 Å². The molecular formula is C16H14N4O. The van der Waals surface area contributed by atoms with Crippen molar-refractivity contribution >= 4 is 16.7 Å². The predicted octanol–water partition coefficient (Wildman–Crippen LogP) is 1.88. The van der Waals surface area contributed by atoms with Gasteiger partial charge in [0.05, 0.1) is 17.2 Å². The summed E-state index contributed by atoms with van der Waals surface area (Å²) in [6.07, 6.45) is 4.05. The fraction of sp³-hybridized carbons (Fsp3) is 0.188. The molecule has 0 aliphatic carbocycles. The molecule has 0 fully saturated rings. The van der Waals surface area contributed by atoms with Crippen LogP contribution in [0.25, 0.3) is 10.9 Å². The van der Waals surface area contributed by atoms with Gasteiger partial charge in [-0.3, -0.25) is 4.79 Å². The first-order chi connectivity index (χ1) is 10.3. The number of benzene rings is 1. The van der Waals surface area contributed by atoms with Gasteiger partial charge in [0.15, 0.2) is 0 Å². The van der Waals surface area contributed by atoms with Crippen LogP contribution >= 0.6 is 0 Å². The smallest absolute Gasteiger partial charge is 0.260 e. The van der Waals surface area contributed by atoms with E-state index in [-0.39, 0.29) is 5.56 Å². The molecule has 1 aromatic carbocycles. The van der Waals surface area contributed by atoms with E-state index in [0.29, 0.717) is 10.9 Å². The molecule has 4 rings (SSSR count). The Balaban J connectivity index is 1.73. The van der Waals surface area contributed by atoms with E-state index in [1.54, 1.807) is 6.20 Å². The maximum atomic E-state index is 11.7. The largest absolute Gasteiger partial charge is 0.352 e. The summed E-state index contributed by atoms with van der Waals surface area (Å²) in [7, 11) is 0. The van der Waals surface area contributed by atoms with Crippen LogP contribution in [0.2, 0.25) is 0 Å². The SMILES string of the molecule is O=c1[nH]cnc2cc(N3CCc4ccccc4C3)ncc12. The van der Waals surface area contributed by atoms with Crippen molar-refractivity contribution in [2.75, 3.05) is 11.4 Å². The molecule has 1 aliphatic heterocycles. The Hall–Kier alpha value is -2.69. The molecule has 3 heterocycles. The molecule has 1 aliphatic rings. The highest BCUT2D eigenvalue weighted by Gasteiger charge is 2.17. The molecule has 5 heteroatoms. The standard InChI is InChI=1S/C16H14N4O/c21-16-13-8-17-15(7-14(13)18-10-19-16)20-6-5-11-3-1-2-4-12(11)9-20/h1-4,7-8,10H,5-6,9H2,(H,18,19,21). The Bertz CT molecular complexity index is 871. The van der Waals surface area contributed by atoms with Gasteiger partial charge in [-0.05, 0) is 17.5 Å². The van der Waals surface area contributed by atoms with Crippen molar-refractivity contribution in [3.8, 4) is 0 Å². The van der Waals surface area contributed by atoms with Gasteiger partial charge in [-0.1, -0.05) is 24.3 Å². The highest BCUT2D eigenvalue weighted by atomic mass is 16.1. The average Bonchev–Trinajstić information content (AvgIpc) is 2.54. The Morgan fingerprint density at radius 1 is 1.14 bits per heavy atom. The summed E-state index contributed by atoms with van der Waals surface area (Å²) in [5.41, 5.74) is 3.28. The van der Waals surface area contributed by atoms with Gasteiger partial charge in [0, 0.05) is 25.4 Å². The number of aromatic amines is 1. The Labute approximate surface area is 121 Å². The number of nitrogens with zero attached hydrogens (tertiary/aromatic N) is 3. The van der Waals surface area contributed by atoms with Crippen molar-refractivity contribution in [3.05, 3.63) is 64.3 Å². The number of fused-ring (bicyclic) bond motifs is 2. The number of hydrogen-bond donors (Lipinski definition) is 1. The number of hydrogen-bond acceptors (Lipinski definition) is 4. The van der Waals surface area contributed by atoms with Gasteiger partial charge in [0.1, 0.15) is 5.82 Å². The minimum absolute atomic E-state index is 0.150. The van der Waals surface area contributed by atoms with E-state index in [1.165, 1.54) is 17.5 Å². The zero-order valence-corrected chi connectivity index (χ0v) is 11.4. The third kappa shape index (κ3) is 2.07. The molecule has 2 aromatic heterocycles. The maximum absolute atomic E-state index is 11.7. The van der Waals surface area contributed by atoms with Crippen LogP contribution in [0.1, 0.15) is 11.1 Å². The number of rotatable bonds is 1. The van der Waals surface area contributed by atoms with E-state index in [0.717, 1.165) is 25.3 Å². The quantitative estimate of drug-likeness (QED) is 0.738. The lowest BCUT2D eigenvalue weighted by Gasteiger charge is -2.29. The molecule has 0 saturated heterocycles. The first-order valence-corrected chi connectivity index (χ1v) is 6.96. The van der Waals surface area contributed by atoms with Gasteiger partial charge in [0.25, 0.3) is 5.56 Å². The molecule has 0 bridgehead atoms. The molecular weight excluding hydrogens is 264 g/mol.